The van der Waals surface area contributed by atoms with E-state index in [4.69, 9.17) is 4.43 Å². The Morgan fingerprint density at radius 2 is 1.41 bits per heavy atom. The van der Waals surface area contributed by atoms with E-state index in [0.29, 0.717) is 0 Å². The zero-order valence-electron chi connectivity index (χ0n) is 12.2. The first-order valence-corrected chi connectivity index (χ1v) is 7.31. The quantitative estimate of drug-likeness (QED) is 0.473. The summed E-state index contributed by atoms with van der Waals surface area (Å²) >= 11 is 0. The first-order valence-electron chi connectivity index (χ1n) is 6.49. The van der Waals surface area contributed by atoms with Gasteiger partial charge in [-0.1, -0.05) is 34.9 Å². The Bertz CT molecular complexity index is 283. The van der Waals surface area contributed by atoms with Gasteiger partial charge >= 0.3 is 0 Å². The fourth-order valence-corrected chi connectivity index (χ4v) is 1.73. The predicted molar refractivity (Wildman–Crippen MR) is 81.3 cm³/mol. The smallest absolute Gasteiger partial charge is 0.146 e. The van der Waals surface area contributed by atoms with Gasteiger partial charge in [-0.25, -0.2) is 0 Å². The lowest BCUT2D eigenvalue weighted by molar-refractivity contribution is 0.400. The Morgan fingerprint density at radius 3 is 1.94 bits per heavy atom. The molecule has 0 heterocycles. The van der Waals surface area contributed by atoms with Gasteiger partial charge in [0.25, 0.3) is 0 Å². The van der Waals surface area contributed by atoms with E-state index >= 15 is 0 Å². The van der Waals surface area contributed by atoms with Crippen molar-refractivity contribution in [1.82, 2.24) is 0 Å². The molecule has 0 rings (SSSR count). The minimum Gasteiger partial charge on any atom is -0.424 e. The third-order valence-corrected chi connectivity index (χ3v) is 3.05. The van der Waals surface area contributed by atoms with Crippen LogP contribution in [-0.2, 0) is 4.43 Å². The molecule has 0 aromatic rings. The van der Waals surface area contributed by atoms with Gasteiger partial charge in [-0.15, -0.1) is 0 Å². The average Bonchev–Trinajstić information content (AvgIpc) is 2.25. The number of hydrogen-bond donors (Lipinski definition) is 0. The molecule has 0 bridgehead atoms. The third-order valence-electron chi connectivity index (χ3n) is 2.72. The summed E-state index contributed by atoms with van der Waals surface area (Å²) in [7, 11) is 0.834. The molecule has 0 aromatic heterocycles. The Hall–Kier alpha value is -0.603. The van der Waals surface area contributed by atoms with Crippen LogP contribution in [0.25, 0.3) is 0 Å². The Morgan fingerprint density at radius 1 is 0.882 bits per heavy atom. The van der Waals surface area contributed by atoms with Crippen LogP contribution in [0.4, 0.5) is 0 Å². The predicted octanol–water partition coefficient (Wildman–Crippen LogP) is 3.70. The summed E-state index contributed by atoms with van der Waals surface area (Å²) < 4.78 is 5.16. The highest BCUT2D eigenvalue weighted by atomic mass is 28.2. The molecule has 17 heavy (non-hydrogen) atoms. The maximum absolute atomic E-state index is 5.16. The van der Waals surface area contributed by atoms with Crippen molar-refractivity contribution in [2.45, 2.75) is 53.4 Å². The van der Waals surface area contributed by atoms with Crippen molar-refractivity contribution in [2.24, 2.45) is 0 Å². The molecule has 0 saturated carbocycles. The number of hydrogen-bond acceptors (Lipinski definition) is 1. The number of allylic oxidation sites excluding steroid dienone is 5. The molecule has 1 nitrogen and oxygen atoms in total. The molecule has 0 aliphatic heterocycles. The summed E-state index contributed by atoms with van der Waals surface area (Å²) in [4.78, 5) is 0. The molecule has 98 valence electrons. The summed E-state index contributed by atoms with van der Waals surface area (Å²) in [6.07, 6.45) is 11.6. The van der Waals surface area contributed by atoms with Gasteiger partial charge in [0.2, 0.25) is 0 Å². The van der Waals surface area contributed by atoms with Crippen LogP contribution in [0.2, 0.25) is 0 Å². The number of rotatable bonds is 8. The van der Waals surface area contributed by atoms with Gasteiger partial charge in [-0.05, 0) is 53.4 Å². The zero-order chi connectivity index (χ0) is 13.1. The second-order valence-corrected chi connectivity index (χ2v) is 5.49. The molecule has 0 N–H and O–H groups in total. The summed E-state index contributed by atoms with van der Waals surface area (Å²) in [5.74, 6) is 0. The standard InChI is InChI=1S/C15H28OSi/c1-13(2)7-5-8-14(3)9-6-10-15(4)11-12-16-17/h7,9,11H,5-6,8,10,12H2,1-4,17H3/b14-9+,15-11+. The van der Waals surface area contributed by atoms with Gasteiger partial charge in [-0.3, -0.25) is 0 Å². The SMILES string of the molecule is CC(C)=CCC/C(C)=C/CC/C(C)=C/CO[SiH3]. The van der Waals surface area contributed by atoms with Crippen LogP contribution in [0.5, 0.6) is 0 Å². The minimum atomic E-state index is 0.793. The fourth-order valence-electron chi connectivity index (χ4n) is 1.56. The topological polar surface area (TPSA) is 9.23 Å². The molecule has 0 aliphatic rings. The molecule has 0 saturated heterocycles. The van der Waals surface area contributed by atoms with E-state index in [1.54, 1.807) is 0 Å². The van der Waals surface area contributed by atoms with Crippen LogP contribution in [0.3, 0.4) is 0 Å². The third kappa shape index (κ3) is 11.7. The molecule has 0 unspecified atom stereocenters. The first kappa shape index (κ1) is 16.4. The maximum atomic E-state index is 5.16. The molecule has 0 aromatic carbocycles. The molecule has 0 fully saturated rings. The van der Waals surface area contributed by atoms with Crippen molar-refractivity contribution in [1.29, 1.82) is 0 Å². The lowest BCUT2D eigenvalue weighted by Gasteiger charge is -2.01. The lowest BCUT2D eigenvalue weighted by atomic mass is 10.1. The highest BCUT2D eigenvalue weighted by Crippen LogP contribution is 2.11. The van der Waals surface area contributed by atoms with Crippen molar-refractivity contribution in [2.75, 3.05) is 6.61 Å². The Labute approximate surface area is 110 Å². The second kappa shape index (κ2) is 10.5. The van der Waals surface area contributed by atoms with Crippen LogP contribution >= 0.6 is 0 Å². The van der Waals surface area contributed by atoms with Crippen molar-refractivity contribution in [3.8, 4) is 0 Å². The van der Waals surface area contributed by atoms with Gasteiger partial charge < -0.3 is 4.43 Å². The Kier molecular flexibility index (Phi) is 10.2. The van der Waals surface area contributed by atoms with Gasteiger partial charge in [-0.2, -0.15) is 0 Å². The van der Waals surface area contributed by atoms with Gasteiger partial charge in [0, 0.05) is 0 Å². The van der Waals surface area contributed by atoms with Crippen molar-refractivity contribution in [3.05, 3.63) is 34.9 Å². The molecule has 0 spiro atoms. The van der Waals surface area contributed by atoms with Crippen molar-refractivity contribution >= 4 is 10.5 Å². The zero-order valence-corrected chi connectivity index (χ0v) is 14.2. The summed E-state index contributed by atoms with van der Waals surface area (Å²) in [5.41, 5.74) is 4.36. The lowest BCUT2D eigenvalue weighted by Crippen LogP contribution is -1.86. The van der Waals surface area contributed by atoms with E-state index in [1.807, 2.05) is 0 Å². The van der Waals surface area contributed by atoms with Gasteiger partial charge in [0.05, 0.1) is 6.61 Å². The van der Waals surface area contributed by atoms with Crippen molar-refractivity contribution < 1.29 is 4.43 Å². The molecular formula is C15H28OSi. The maximum Gasteiger partial charge on any atom is 0.146 e. The van der Waals surface area contributed by atoms with E-state index in [-0.39, 0.29) is 0 Å². The summed E-state index contributed by atoms with van der Waals surface area (Å²) in [6.45, 7) is 9.53. The van der Waals surface area contributed by atoms with Crippen LogP contribution in [0, 0.1) is 0 Å². The average molecular weight is 252 g/mol. The molecule has 0 amide bonds. The van der Waals surface area contributed by atoms with E-state index < -0.39 is 0 Å². The van der Waals surface area contributed by atoms with Crippen LogP contribution in [0.15, 0.2) is 34.9 Å². The molecular weight excluding hydrogens is 224 g/mol. The second-order valence-electron chi connectivity index (χ2n) is 4.92. The Balaban J connectivity index is 3.80. The fraction of sp³-hybridized carbons (Fsp3) is 0.600. The van der Waals surface area contributed by atoms with E-state index in [2.05, 4.69) is 45.9 Å². The summed E-state index contributed by atoms with van der Waals surface area (Å²) in [6, 6.07) is 0. The van der Waals surface area contributed by atoms with Crippen molar-refractivity contribution in [3.63, 3.8) is 0 Å². The highest BCUT2D eigenvalue weighted by Gasteiger charge is 1.91. The van der Waals surface area contributed by atoms with E-state index in [0.717, 1.165) is 29.9 Å². The minimum absolute atomic E-state index is 0.793. The molecule has 0 aliphatic carbocycles. The molecule has 0 radical (unpaired) electrons. The largest absolute Gasteiger partial charge is 0.424 e. The normalized spacial score (nSPS) is 12.9. The monoisotopic (exact) mass is 252 g/mol. The van der Waals surface area contributed by atoms with E-state index in [9.17, 15) is 0 Å². The van der Waals surface area contributed by atoms with E-state index in [1.165, 1.54) is 29.6 Å². The van der Waals surface area contributed by atoms with Gasteiger partial charge in [0.15, 0.2) is 0 Å². The van der Waals surface area contributed by atoms with Crippen LogP contribution in [-0.4, -0.2) is 17.1 Å². The molecule has 2 heteroatoms. The van der Waals surface area contributed by atoms with Crippen LogP contribution < -0.4 is 0 Å². The summed E-state index contributed by atoms with van der Waals surface area (Å²) in [5, 5.41) is 0. The van der Waals surface area contributed by atoms with Gasteiger partial charge in [0.1, 0.15) is 10.5 Å². The highest BCUT2D eigenvalue weighted by molar-refractivity contribution is 5.98. The molecule has 0 atom stereocenters. The van der Waals surface area contributed by atoms with Crippen LogP contribution in [0.1, 0.15) is 53.4 Å². The first-order chi connectivity index (χ1) is 8.06.